The molecule has 1 aliphatic rings. The Morgan fingerprint density at radius 2 is 1.81 bits per heavy atom. The van der Waals surface area contributed by atoms with E-state index in [0.717, 1.165) is 25.8 Å². The van der Waals surface area contributed by atoms with Crippen LogP contribution in [0.15, 0.2) is 30.3 Å². The minimum absolute atomic E-state index is 0. The molecular formula is C17H27ClN2O. The summed E-state index contributed by atoms with van der Waals surface area (Å²) in [6.07, 6.45) is 7.49. The van der Waals surface area contributed by atoms with Crippen molar-refractivity contribution in [1.82, 2.24) is 4.90 Å². The third-order valence-corrected chi connectivity index (χ3v) is 4.13. The highest BCUT2D eigenvalue weighted by Crippen LogP contribution is 2.25. The Hall–Kier alpha value is -1.06. The topological polar surface area (TPSA) is 46.3 Å². The number of carbonyl (C=O) groups is 1. The zero-order valence-electron chi connectivity index (χ0n) is 12.7. The summed E-state index contributed by atoms with van der Waals surface area (Å²) in [7, 11) is 0. The lowest BCUT2D eigenvalue weighted by molar-refractivity contribution is -0.135. The van der Waals surface area contributed by atoms with E-state index >= 15 is 0 Å². The van der Waals surface area contributed by atoms with E-state index in [1.807, 2.05) is 18.2 Å². The molecule has 2 rings (SSSR count). The molecule has 1 aromatic carbocycles. The lowest BCUT2D eigenvalue weighted by Crippen LogP contribution is -2.41. The van der Waals surface area contributed by atoms with E-state index in [4.69, 9.17) is 5.73 Å². The first-order valence-corrected chi connectivity index (χ1v) is 7.84. The fourth-order valence-electron chi connectivity index (χ4n) is 2.99. The van der Waals surface area contributed by atoms with Crippen LogP contribution in [0.2, 0.25) is 0 Å². The molecule has 0 unspecified atom stereocenters. The van der Waals surface area contributed by atoms with Crippen molar-refractivity contribution in [2.75, 3.05) is 6.54 Å². The number of carbonyl (C=O) groups excluding carboxylic acids is 1. The zero-order chi connectivity index (χ0) is 14.2. The lowest BCUT2D eigenvalue weighted by Gasteiger charge is -2.34. The molecule has 1 aliphatic carbocycles. The molecule has 4 heteroatoms. The van der Waals surface area contributed by atoms with Crippen LogP contribution in [0.1, 0.15) is 50.5 Å². The number of nitrogens with zero attached hydrogens (tertiary/aromatic N) is 1. The van der Waals surface area contributed by atoms with Crippen LogP contribution in [0.5, 0.6) is 0 Å². The van der Waals surface area contributed by atoms with Gasteiger partial charge in [-0.15, -0.1) is 12.4 Å². The van der Waals surface area contributed by atoms with Crippen LogP contribution >= 0.6 is 12.4 Å². The van der Waals surface area contributed by atoms with Gasteiger partial charge in [-0.1, -0.05) is 49.6 Å². The molecule has 2 N–H and O–H groups in total. The molecule has 0 bridgehead atoms. The van der Waals surface area contributed by atoms with Gasteiger partial charge >= 0.3 is 0 Å². The van der Waals surface area contributed by atoms with E-state index in [1.54, 1.807) is 0 Å². The number of amides is 1. The van der Waals surface area contributed by atoms with Crippen LogP contribution < -0.4 is 5.73 Å². The number of rotatable bonds is 6. The molecule has 21 heavy (non-hydrogen) atoms. The van der Waals surface area contributed by atoms with Gasteiger partial charge in [-0.2, -0.15) is 0 Å². The van der Waals surface area contributed by atoms with Gasteiger partial charge in [0.2, 0.25) is 5.91 Å². The third kappa shape index (κ3) is 5.68. The molecule has 0 radical (unpaired) electrons. The van der Waals surface area contributed by atoms with Gasteiger partial charge in [0.15, 0.2) is 0 Å². The Bertz CT molecular complexity index is 405. The summed E-state index contributed by atoms with van der Waals surface area (Å²) in [4.78, 5) is 14.6. The van der Waals surface area contributed by atoms with Crippen molar-refractivity contribution >= 4 is 18.3 Å². The fourth-order valence-corrected chi connectivity index (χ4v) is 2.99. The summed E-state index contributed by atoms with van der Waals surface area (Å²) in [6.45, 7) is 1.34. The maximum atomic E-state index is 12.5. The van der Waals surface area contributed by atoms with Crippen molar-refractivity contribution in [3.05, 3.63) is 35.9 Å². The predicted octanol–water partition coefficient (Wildman–Crippen LogP) is 3.51. The van der Waals surface area contributed by atoms with Crippen LogP contribution in [-0.4, -0.2) is 23.4 Å². The van der Waals surface area contributed by atoms with E-state index in [1.165, 1.54) is 24.8 Å². The van der Waals surface area contributed by atoms with Crippen molar-refractivity contribution in [1.29, 1.82) is 0 Å². The maximum absolute atomic E-state index is 12.5. The normalized spacial score (nSPS) is 15.3. The van der Waals surface area contributed by atoms with Crippen molar-refractivity contribution in [2.24, 2.45) is 5.73 Å². The maximum Gasteiger partial charge on any atom is 0.223 e. The first-order valence-electron chi connectivity index (χ1n) is 7.84. The highest BCUT2D eigenvalue weighted by atomic mass is 35.5. The van der Waals surface area contributed by atoms with Crippen LogP contribution in [0.3, 0.4) is 0 Å². The van der Waals surface area contributed by atoms with Crippen LogP contribution in [0.25, 0.3) is 0 Å². The summed E-state index contributed by atoms with van der Waals surface area (Å²) in [5.74, 6) is 0.270. The minimum Gasteiger partial charge on any atom is -0.335 e. The van der Waals surface area contributed by atoms with E-state index in [2.05, 4.69) is 17.0 Å². The second kappa shape index (κ2) is 9.80. The zero-order valence-corrected chi connectivity index (χ0v) is 13.5. The Kier molecular flexibility index (Phi) is 8.40. The quantitative estimate of drug-likeness (QED) is 0.874. The molecule has 0 aromatic heterocycles. The van der Waals surface area contributed by atoms with Crippen molar-refractivity contribution < 1.29 is 4.79 Å². The molecular weight excluding hydrogens is 284 g/mol. The van der Waals surface area contributed by atoms with E-state index in [0.29, 0.717) is 19.0 Å². The highest BCUT2D eigenvalue weighted by molar-refractivity contribution is 5.85. The monoisotopic (exact) mass is 310 g/mol. The van der Waals surface area contributed by atoms with Gasteiger partial charge in [-0.3, -0.25) is 4.79 Å². The highest BCUT2D eigenvalue weighted by Gasteiger charge is 2.24. The van der Waals surface area contributed by atoms with E-state index in [9.17, 15) is 4.79 Å². The minimum atomic E-state index is 0. The Balaban J connectivity index is 0.00000220. The van der Waals surface area contributed by atoms with Gasteiger partial charge in [0.05, 0.1) is 0 Å². The molecule has 0 aliphatic heterocycles. The molecule has 1 aromatic rings. The van der Waals surface area contributed by atoms with Crippen molar-refractivity contribution in [2.45, 2.75) is 57.5 Å². The van der Waals surface area contributed by atoms with Gasteiger partial charge in [0.1, 0.15) is 0 Å². The standard InChI is InChI=1S/C17H26N2O.ClH/c18-13-7-12-17(20)19(16-10-5-2-6-11-16)14-15-8-3-1-4-9-15;/h1,3-4,8-9,16H,2,5-7,10-14,18H2;1H. The summed E-state index contributed by atoms with van der Waals surface area (Å²) < 4.78 is 0. The SMILES string of the molecule is Cl.NCCCC(=O)N(Cc1ccccc1)C1CCCCC1. The van der Waals surface area contributed by atoms with Crippen LogP contribution in [0, 0.1) is 0 Å². The number of halogens is 1. The fraction of sp³-hybridized carbons (Fsp3) is 0.588. The van der Waals surface area contributed by atoms with E-state index in [-0.39, 0.29) is 18.3 Å². The van der Waals surface area contributed by atoms with Crippen LogP contribution in [-0.2, 0) is 11.3 Å². The smallest absolute Gasteiger partial charge is 0.223 e. The van der Waals surface area contributed by atoms with Gasteiger partial charge in [0.25, 0.3) is 0 Å². The first-order chi connectivity index (χ1) is 9.81. The van der Waals surface area contributed by atoms with Crippen molar-refractivity contribution in [3.8, 4) is 0 Å². The Morgan fingerprint density at radius 1 is 1.14 bits per heavy atom. The summed E-state index contributed by atoms with van der Waals surface area (Å²) >= 11 is 0. The van der Waals surface area contributed by atoms with Gasteiger partial charge < -0.3 is 10.6 Å². The van der Waals surface area contributed by atoms with E-state index < -0.39 is 0 Å². The van der Waals surface area contributed by atoms with Gasteiger partial charge in [0, 0.05) is 19.0 Å². The number of hydrogen-bond acceptors (Lipinski definition) is 2. The molecule has 0 spiro atoms. The van der Waals surface area contributed by atoms with Crippen molar-refractivity contribution in [3.63, 3.8) is 0 Å². The predicted molar refractivity (Wildman–Crippen MR) is 89.4 cm³/mol. The number of nitrogens with two attached hydrogens (primary N) is 1. The molecule has 1 saturated carbocycles. The molecule has 0 saturated heterocycles. The molecule has 3 nitrogen and oxygen atoms in total. The number of hydrogen-bond donors (Lipinski definition) is 1. The average Bonchev–Trinajstić information content (AvgIpc) is 2.52. The Labute approximate surface area is 134 Å². The summed E-state index contributed by atoms with van der Waals surface area (Å²) in [5, 5.41) is 0. The summed E-state index contributed by atoms with van der Waals surface area (Å²) in [5.41, 5.74) is 6.76. The molecule has 1 amide bonds. The van der Waals surface area contributed by atoms with Gasteiger partial charge in [-0.05, 0) is 31.4 Å². The first kappa shape index (κ1) is 18.0. The molecule has 0 atom stereocenters. The second-order valence-electron chi connectivity index (χ2n) is 5.69. The molecule has 0 heterocycles. The number of benzene rings is 1. The summed E-state index contributed by atoms with van der Waals surface area (Å²) in [6, 6.07) is 10.7. The average molecular weight is 311 g/mol. The Morgan fingerprint density at radius 3 is 2.43 bits per heavy atom. The second-order valence-corrected chi connectivity index (χ2v) is 5.69. The van der Waals surface area contributed by atoms with Crippen LogP contribution in [0.4, 0.5) is 0 Å². The lowest BCUT2D eigenvalue weighted by atomic mass is 9.93. The third-order valence-electron chi connectivity index (χ3n) is 4.13. The molecule has 1 fully saturated rings. The van der Waals surface area contributed by atoms with Gasteiger partial charge in [-0.25, -0.2) is 0 Å². The molecule has 118 valence electrons. The largest absolute Gasteiger partial charge is 0.335 e.